The minimum Gasteiger partial charge on any atom is -0.481 e. The smallest absolute Gasteiger partial charge is 0.282 e. The Morgan fingerprint density at radius 1 is 1.47 bits per heavy atom. The van der Waals surface area contributed by atoms with Crippen LogP contribution in [-0.4, -0.2) is 30.8 Å². The van der Waals surface area contributed by atoms with Gasteiger partial charge in [0.25, 0.3) is 5.92 Å². The summed E-state index contributed by atoms with van der Waals surface area (Å²) in [4.78, 5) is 0. The van der Waals surface area contributed by atoms with E-state index in [2.05, 4.69) is 27.2 Å². The van der Waals surface area contributed by atoms with Gasteiger partial charge >= 0.3 is 0 Å². The highest BCUT2D eigenvalue weighted by Gasteiger charge is 2.26. The summed E-state index contributed by atoms with van der Waals surface area (Å²) >= 11 is 3.30. The molecule has 0 aromatic heterocycles. The lowest BCUT2D eigenvalue weighted by Crippen LogP contribution is -2.35. The van der Waals surface area contributed by atoms with Gasteiger partial charge in [0.1, 0.15) is 19.0 Å². The first kappa shape index (κ1) is 15.9. The van der Waals surface area contributed by atoms with Crippen molar-refractivity contribution in [3.63, 3.8) is 0 Å². The van der Waals surface area contributed by atoms with E-state index in [1.54, 1.807) is 18.2 Å². The van der Waals surface area contributed by atoms with Crippen LogP contribution in [0.5, 0.6) is 5.75 Å². The molecule has 0 spiro atoms. The van der Waals surface area contributed by atoms with E-state index in [0.717, 1.165) is 4.47 Å². The van der Waals surface area contributed by atoms with Crippen LogP contribution in [0.2, 0.25) is 0 Å². The molecule has 1 aromatic carbocycles. The second kappa shape index (κ2) is 7.43. The summed E-state index contributed by atoms with van der Waals surface area (Å²) in [5, 5.41) is 11.0. The van der Waals surface area contributed by atoms with Crippen LogP contribution in [0, 0.1) is 12.3 Å². The molecular formula is C13H14BrF2NO2. The van der Waals surface area contributed by atoms with Gasteiger partial charge in [-0.3, -0.25) is 0 Å². The second-order valence-corrected chi connectivity index (χ2v) is 4.78. The Labute approximate surface area is 119 Å². The molecule has 0 unspecified atom stereocenters. The lowest BCUT2D eigenvalue weighted by atomic mass is 10.2. The summed E-state index contributed by atoms with van der Waals surface area (Å²) in [5.41, 5.74) is 0.707. The van der Waals surface area contributed by atoms with Gasteiger partial charge in [0.2, 0.25) is 0 Å². The molecule has 0 aliphatic heterocycles. The van der Waals surface area contributed by atoms with Crippen LogP contribution in [-0.2, 0) is 6.54 Å². The van der Waals surface area contributed by atoms with Gasteiger partial charge in [0.15, 0.2) is 0 Å². The maximum atomic E-state index is 12.9. The van der Waals surface area contributed by atoms with E-state index >= 15 is 0 Å². The largest absolute Gasteiger partial charge is 0.481 e. The molecule has 0 saturated carbocycles. The van der Waals surface area contributed by atoms with Crippen LogP contribution in [0.4, 0.5) is 8.78 Å². The van der Waals surface area contributed by atoms with E-state index in [4.69, 9.17) is 16.3 Å². The highest BCUT2D eigenvalue weighted by molar-refractivity contribution is 9.10. The quantitative estimate of drug-likeness (QED) is 0.751. The fourth-order valence-corrected chi connectivity index (χ4v) is 1.79. The molecule has 6 heteroatoms. The van der Waals surface area contributed by atoms with Gasteiger partial charge in [0, 0.05) is 16.6 Å². The number of ether oxygens (including phenoxy) is 1. The average molecular weight is 334 g/mol. The lowest BCUT2D eigenvalue weighted by Gasteiger charge is -2.15. The molecule has 0 saturated heterocycles. The molecule has 1 rings (SSSR count). The van der Waals surface area contributed by atoms with Crippen molar-refractivity contribution in [2.45, 2.75) is 12.5 Å². The van der Waals surface area contributed by atoms with Crippen LogP contribution in [0.3, 0.4) is 0 Å². The van der Waals surface area contributed by atoms with Gasteiger partial charge in [0.05, 0.1) is 6.54 Å². The molecular weight excluding hydrogens is 320 g/mol. The molecule has 0 amide bonds. The van der Waals surface area contributed by atoms with Crippen molar-refractivity contribution in [1.29, 1.82) is 0 Å². The summed E-state index contributed by atoms with van der Waals surface area (Å²) in [5.74, 6) is -0.250. The zero-order valence-corrected chi connectivity index (χ0v) is 11.7. The van der Waals surface area contributed by atoms with Crippen molar-refractivity contribution in [2.75, 3.05) is 19.8 Å². The monoisotopic (exact) mass is 333 g/mol. The molecule has 19 heavy (non-hydrogen) atoms. The summed E-state index contributed by atoms with van der Waals surface area (Å²) in [6.45, 7) is -1.49. The topological polar surface area (TPSA) is 41.5 Å². The van der Waals surface area contributed by atoms with Crippen molar-refractivity contribution in [3.8, 4) is 18.1 Å². The molecule has 3 nitrogen and oxygen atoms in total. The summed E-state index contributed by atoms with van der Waals surface area (Å²) in [6.07, 6.45) is 5.10. The normalized spacial score (nSPS) is 11.1. The van der Waals surface area contributed by atoms with E-state index < -0.39 is 19.1 Å². The molecule has 0 radical (unpaired) electrons. The number of aliphatic hydroxyl groups is 1. The molecule has 2 N–H and O–H groups in total. The zero-order valence-electron chi connectivity index (χ0n) is 10.1. The van der Waals surface area contributed by atoms with E-state index in [0.29, 0.717) is 11.3 Å². The average Bonchev–Trinajstić information content (AvgIpc) is 2.38. The minimum atomic E-state index is -3.13. The van der Waals surface area contributed by atoms with E-state index in [1.165, 1.54) is 0 Å². The Bertz CT molecular complexity index is 460. The van der Waals surface area contributed by atoms with Crippen LogP contribution in [0.25, 0.3) is 0 Å². The molecule has 0 aliphatic carbocycles. The van der Waals surface area contributed by atoms with Crippen molar-refractivity contribution >= 4 is 15.9 Å². The second-order valence-electron chi connectivity index (χ2n) is 3.86. The molecule has 0 aliphatic rings. The third kappa shape index (κ3) is 5.55. The number of halogens is 3. The number of rotatable bonds is 7. The number of hydrogen-bond donors (Lipinski definition) is 2. The fraction of sp³-hybridized carbons (Fsp3) is 0.385. The van der Waals surface area contributed by atoms with E-state index in [-0.39, 0.29) is 13.2 Å². The summed E-state index contributed by atoms with van der Waals surface area (Å²) in [7, 11) is 0. The van der Waals surface area contributed by atoms with Crippen LogP contribution in [0.15, 0.2) is 22.7 Å². The number of benzene rings is 1. The molecule has 0 bridgehead atoms. The predicted molar refractivity (Wildman–Crippen MR) is 72.2 cm³/mol. The zero-order chi connectivity index (χ0) is 14.3. The third-order valence-corrected chi connectivity index (χ3v) is 2.76. The van der Waals surface area contributed by atoms with Gasteiger partial charge in [-0.2, -0.15) is 0 Å². The Balaban J connectivity index is 2.65. The first-order chi connectivity index (χ1) is 8.98. The van der Waals surface area contributed by atoms with Gasteiger partial charge in [-0.1, -0.05) is 21.9 Å². The lowest BCUT2D eigenvalue weighted by molar-refractivity contribution is -0.0478. The van der Waals surface area contributed by atoms with E-state index in [1.807, 2.05) is 0 Å². The van der Waals surface area contributed by atoms with Crippen molar-refractivity contribution in [3.05, 3.63) is 28.2 Å². The van der Waals surface area contributed by atoms with Gasteiger partial charge in [-0.15, -0.1) is 6.42 Å². The van der Waals surface area contributed by atoms with Gasteiger partial charge in [-0.05, 0) is 18.2 Å². The number of hydrogen-bond acceptors (Lipinski definition) is 3. The number of nitrogens with one attached hydrogen (secondary N) is 1. The highest BCUT2D eigenvalue weighted by Crippen LogP contribution is 2.23. The van der Waals surface area contributed by atoms with Crippen LogP contribution in [0.1, 0.15) is 5.56 Å². The first-order valence-corrected chi connectivity index (χ1v) is 6.32. The maximum absolute atomic E-state index is 12.9. The molecule has 104 valence electrons. The third-order valence-electron chi connectivity index (χ3n) is 2.26. The van der Waals surface area contributed by atoms with Crippen LogP contribution < -0.4 is 10.1 Å². The Kier molecular flexibility index (Phi) is 6.22. The van der Waals surface area contributed by atoms with E-state index in [9.17, 15) is 8.78 Å². The number of alkyl halides is 2. The summed E-state index contributed by atoms with van der Waals surface area (Å²) < 4.78 is 31.8. The molecule has 0 atom stereocenters. The van der Waals surface area contributed by atoms with Crippen molar-refractivity contribution < 1.29 is 18.6 Å². The molecule has 1 aromatic rings. The molecule has 0 heterocycles. The minimum absolute atomic E-state index is 0.113. The highest BCUT2D eigenvalue weighted by atomic mass is 79.9. The Hall–Kier alpha value is -1.16. The number of aliphatic hydroxyl groups excluding tert-OH is 1. The fourth-order valence-electron chi connectivity index (χ4n) is 1.38. The van der Waals surface area contributed by atoms with Crippen molar-refractivity contribution in [2.24, 2.45) is 0 Å². The Morgan fingerprint density at radius 3 is 2.84 bits per heavy atom. The maximum Gasteiger partial charge on any atom is 0.282 e. The standard InChI is InChI=1S/C13H14BrF2NO2/c1-2-5-19-12-4-3-11(14)6-10(12)7-17-8-13(15,16)9-18/h1,3-4,6,17-18H,5,7-9H2. The SMILES string of the molecule is C#CCOc1ccc(Br)cc1CNCC(F)(F)CO. The number of terminal acetylenes is 1. The van der Waals surface area contributed by atoms with Crippen molar-refractivity contribution in [1.82, 2.24) is 5.32 Å². The van der Waals surface area contributed by atoms with Gasteiger partial charge < -0.3 is 15.2 Å². The van der Waals surface area contributed by atoms with Crippen LogP contribution >= 0.6 is 15.9 Å². The first-order valence-electron chi connectivity index (χ1n) is 5.52. The molecule has 0 fully saturated rings. The predicted octanol–water partition coefficient (Wildman–Crippen LogP) is 2.18. The summed E-state index contributed by atoms with van der Waals surface area (Å²) in [6, 6.07) is 5.25. The van der Waals surface area contributed by atoms with Gasteiger partial charge in [-0.25, -0.2) is 8.78 Å². The Morgan fingerprint density at radius 2 is 2.21 bits per heavy atom.